The number of pyridine rings is 1. The number of carboxylic acids is 1. The smallest absolute Gasteiger partial charge is 0.337 e. The van der Waals surface area contributed by atoms with Gasteiger partial charge in [-0.2, -0.15) is 11.8 Å². The van der Waals surface area contributed by atoms with Gasteiger partial charge in [-0.15, -0.1) is 0 Å². The molecule has 3 aliphatic heterocycles. The molecule has 3 saturated heterocycles. The summed E-state index contributed by atoms with van der Waals surface area (Å²) in [6, 6.07) is 3.07. The van der Waals surface area contributed by atoms with Gasteiger partial charge in [-0.1, -0.05) is 62.3 Å². The molecule has 68 heavy (non-hydrogen) atoms. The normalized spacial score (nSPS) is 37.5. The number of methoxy groups -OCH3 is 1. The number of aromatic carboxylic acids is 1. The molecule has 0 amide bonds. The molecule has 388 valence electrons. The minimum absolute atomic E-state index is 0.0140. The molecule has 5 fully saturated rings. The number of hydrogen-bond acceptors (Lipinski definition) is 15. The Labute approximate surface area is 413 Å². The predicted octanol–water partition coefficient (Wildman–Crippen LogP) is 8.35. The van der Waals surface area contributed by atoms with Crippen molar-refractivity contribution in [1.82, 2.24) is 4.98 Å². The van der Waals surface area contributed by atoms with Crippen molar-refractivity contribution < 1.29 is 66.6 Å². The van der Waals surface area contributed by atoms with Crippen molar-refractivity contribution in [2.45, 2.75) is 210 Å². The summed E-state index contributed by atoms with van der Waals surface area (Å²) in [7, 11) is -7.12. The third-order valence-corrected chi connectivity index (χ3v) is 32.2. The lowest BCUT2D eigenvalue weighted by Crippen LogP contribution is -2.89. The topological polar surface area (TPSA) is 191 Å². The van der Waals surface area contributed by atoms with E-state index < -0.39 is 126 Å². The quantitative estimate of drug-likeness (QED) is 0.0862. The number of hydrogen-bond donors (Lipinski definition) is 3. The van der Waals surface area contributed by atoms with Gasteiger partial charge in [-0.05, 0) is 94.2 Å². The first kappa shape index (κ1) is 56.0. The van der Waals surface area contributed by atoms with Gasteiger partial charge in [0.15, 0.2) is 36.8 Å². The van der Waals surface area contributed by atoms with E-state index in [1.54, 1.807) is 19.9 Å². The Hall–Kier alpha value is -1.31. The number of fused-ring (bicyclic) bond motifs is 4. The summed E-state index contributed by atoms with van der Waals surface area (Å²) in [5.74, 6) is -4.42. The fourth-order valence-corrected chi connectivity index (χ4v) is 15.8. The number of esters is 1. The molecule has 5 aliphatic rings. The summed E-state index contributed by atoms with van der Waals surface area (Å²) in [5, 5.41) is 35.4. The molecule has 15 nitrogen and oxygen atoms in total. The zero-order valence-electron chi connectivity index (χ0n) is 44.7. The Morgan fingerprint density at radius 3 is 1.99 bits per heavy atom. The summed E-state index contributed by atoms with van der Waals surface area (Å²) in [6.45, 7) is 38.7. The van der Waals surface area contributed by atoms with Gasteiger partial charge in [0, 0.05) is 43.3 Å². The van der Waals surface area contributed by atoms with Crippen molar-refractivity contribution in [3.05, 3.63) is 29.6 Å². The largest absolute Gasteiger partial charge is 0.478 e. The highest BCUT2D eigenvalue weighted by molar-refractivity contribution is 7.99. The van der Waals surface area contributed by atoms with E-state index in [0.29, 0.717) is 17.2 Å². The monoisotopic (exact) mass is 1030 g/mol. The fraction of sp³-hybridized carbons (Fsp3) is 0.857. The van der Waals surface area contributed by atoms with Crippen LogP contribution in [0.25, 0.3) is 0 Å². The second kappa shape index (κ2) is 18.3. The molecule has 0 aromatic carbocycles. The minimum atomic E-state index is -2.97. The van der Waals surface area contributed by atoms with Gasteiger partial charge < -0.3 is 57.0 Å². The standard InChI is InChI=1S/C49H85NO14SSi3/c1-42(2,3)66(15,16)58-27-48-38-34(60-45(10,11)61-38)32-36(57-28-56-14)49(48,64-46(32,12)26-51)47(13,55)37(35(62-67(17,18)43(4,5)6)39(48)63-68(19,20)44(7,8)9)59-41(54)31-25-65-24-30(31)33-29(40(52)53)22-21-23-50-33/h21-23,30-32,34-39,51,55H,24-28H2,1-20H3,(H,52,53)/t30-,31-,32+,34+,35-,36+,37-,38+,39-,46-,47-,48+,49-/m0/s1. The number of carboxylic acid groups (broad SMARTS) is 1. The van der Waals surface area contributed by atoms with E-state index >= 15 is 4.79 Å². The maximum Gasteiger partial charge on any atom is 0.337 e. The molecule has 2 bridgehead atoms. The first-order valence-corrected chi connectivity index (χ1v) is 34.2. The molecule has 6 rings (SSSR count). The van der Waals surface area contributed by atoms with Crippen LogP contribution in [0.4, 0.5) is 0 Å². The summed E-state index contributed by atoms with van der Waals surface area (Å²) in [6.07, 6.45) is -5.05. The van der Waals surface area contributed by atoms with Crippen LogP contribution in [0.15, 0.2) is 18.3 Å². The average Bonchev–Trinajstić information content (AvgIpc) is 3.88. The van der Waals surface area contributed by atoms with Crippen LogP contribution in [-0.4, -0.2) is 155 Å². The van der Waals surface area contributed by atoms with E-state index in [9.17, 15) is 20.1 Å². The van der Waals surface area contributed by atoms with Crippen LogP contribution >= 0.6 is 11.8 Å². The van der Waals surface area contributed by atoms with Gasteiger partial charge in [0.05, 0.1) is 47.0 Å². The molecule has 2 saturated carbocycles. The maximum atomic E-state index is 15.4. The van der Waals surface area contributed by atoms with Crippen molar-refractivity contribution in [1.29, 1.82) is 0 Å². The molecule has 0 unspecified atom stereocenters. The van der Waals surface area contributed by atoms with Crippen LogP contribution in [0.5, 0.6) is 0 Å². The third kappa shape index (κ3) is 9.01. The Bertz CT molecular complexity index is 2030. The van der Waals surface area contributed by atoms with Gasteiger partial charge >= 0.3 is 11.9 Å². The first-order valence-electron chi connectivity index (χ1n) is 24.3. The van der Waals surface area contributed by atoms with Gasteiger partial charge in [0.2, 0.25) is 0 Å². The Morgan fingerprint density at radius 2 is 1.44 bits per heavy atom. The lowest BCUT2D eigenvalue weighted by molar-refractivity contribution is -0.384. The molecule has 1 spiro atoms. The highest BCUT2D eigenvalue weighted by Crippen LogP contribution is 2.72. The summed E-state index contributed by atoms with van der Waals surface area (Å²) < 4.78 is 64.9. The van der Waals surface area contributed by atoms with Gasteiger partial charge in [-0.3, -0.25) is 9.78 Å². The number of thioether (sulfide) groups is 1. The molecule has 4 heterocycles. The van der Waals surface area contributed by atoms with Crippen molar-refractivity contribution in [2.75, 3.05) is 38.6 Å². The molecule has 2 aliphatic carbocycles. The summed E-state index contributed by atoms with van der Waals surface area (Å²) in [5.41, 5.74) is -6.89. The van der Waals surface area contributed by atoms with E-state index in [2.05, 4.69) is 107 Å². The predicted molar refractivity (Wildman–Crippen MR) is 268 cm³/mol. The maximum absolute atomic E-state index is 15.4. The summed E-state index contributed by atoms with van der Waals surface area (Å²) in [4.78, 5) is 32.5. The Kier molecular flexibility index (Phi) is 15.0. The van der Waals surface area contributed by atoms with E-state index in [1.807, 2.05) is 13.8 Å². The highest BCUT2D eigenvalue weighted by atomic mass is 32.2. The van der Waals surface area contributed by atoms with E-state index in [4.69, 9.17) is 41.7 Å². The fourth-order valence-electron chi connectivity index (χ4n) is 10.8. The van der Waals surface area contributed by atoms with Crippen molar-refractivity contribution in [3.8, 4) is 0 Å². The zero-order valence-corrected chi connectivity index (χ0v) is 48.5. The molecular formula is C49H85NO14SSi3. The van der Waals surface area contributed by atoms with Gasteiger partial charge in [0.1, 0.15) is 36.3 Å². The Morgan fingerprint density at radius 1 is 0.853 bits per heavy atom. The zero-order chi connectivity index (χ0) is 51.4. The van der Waals surface area contributed by atoms with Crippen LogP contribution in [0.1, 0.15) is 112 Å². The number of aliphatic hydroxyl groups is 2. The van der Waals surface area contributed by atoms with Crippen LogP contribution < -0.4 is 0 Å². The lowest BCUT2D eigenvalue weighted by Gasteiger charge is -2.70. The van der Waals surface area contributed by atoms with Gasteiger partial charge in [0.25, 0.3) is 0 Å². The third-order valence-electron chi connectivity index (χ3n) is 17.6. The Balaban J connectivity index is 1.74. The van der Waals surface area contributed by atoms with Crippen LogP contribution in [0.2, 0.25) is 54.4 Å². The van der Waals surface area contributed by atoms with Gasteiger partial charge in [-0.25, -0.2) is 4.79 Å². The van der Waals surface area contributed by atoms with Crippen LogP contribution in [0, 0.1) is 17.3 Å². The SMILES string of the molecule is COCO[C@@H]1[C@H]2[C@H]3OC(C)(C)O[C@H]3[C@]3(CO[Si](C)(C)C(C)(C)C)[C@@H](O[Si](C)(C)C(C)(C)C)[C@@H](O[Si](C)(C)C(C)(C)C)[C@H](OC(=O)[C@H]4CSC[C@@H]4c4ncccc4C(=O)O)[C@](C)(O)[C@@]13O[C@@]2(C)CO. The molecule has 3 N–H and O–H groups in total. The first-order chi connectivity index (χ1) is 30.8. The molecule has 13 atom stereocenters. The number of carbonyl (C=O) groups is 2. The van der Waals surface area contributed by atoms with E-state index in [-0.39, 0.29) is 34.1 Å². The molecule has 0 radical (unpaired) electrons. The minimum Gasteiger partial charge on any atom is -0.478 e. The van der Waals surface area contributed by atoms with Crippen LogP contribution in [-0.2, 0) is 46.5 Å². The van der Waals surface area contributed by atoms with Crippen LogP contribution in [0.3, 0.4) is 0 Å². The number of rotatable bonds is 15. The number of aromatic nitrogens is 1. The lowest BCUT2D eigenvalue weighted by atomic mass is 9.45. The summed E-state index contributed by atoms with van der Waals surface area (Å²) >= 11 is 1.51. The molecule has 19 heteroatoms. The van der Waals surface area contributed by atoms with Crippen molar-refractivity contribution >= 4 is 48.7 Å². The second-order valence-electron chi connectivity index (χ2n) is 25.6. The number of ether oxygens (including phenoxy) is 6. The van der Waals surface area contributed by atoms with Crippen molar-refractivity contribution in [2.24, 2.45) is 17.3 Å². The molecule has 1 aromatic rings. The number of nitrogens with zero attached hydrogens (tertiary/aromatic N) is 1. The number of carbonyl (C=O) groups excluding carboxylic acids is 1. The molecular weight excluding hydrogens is 943 g/mol. The van der Waals surface area contributed by atoms with Crippen molar-refractivity contribution in [3.63, 3.8) is 0 Å². The second-order valence-corrected chi connectivity index (χ2v) is 41.0. The van der Waals surface area contributed by atoms with E-state index in [1.165, 1.54) is 31.1 Å². The van der Waals surface area contributed by atoms with E-state index in [0.717, 1.165) is 0 Å². The number of aliphatic hydroxyl groups excluding tert-OH is 1. The molecule has 1 aromatic heterocycles. The average molecular weight is 1030 g/mol. The highest BCUT2D eigenvalue weighted by Gasteiger charge is 2.90.